The van der Waals surface area contributed by atoms with Crippen molar-refractivity contribution in [1.29, 1.82) is 0 Å². The fourth-order valence-corrected chi connectivity index (χ4v) is 1.29. The van der Waals surface area contributed by atoms with E-state index in [9.17, 15) is 4.79 Å². The van der Waals surface area contributed by atoms with E-state index in [1.54, 1.807) is 30.3 Å². The maximum absolute atomic E-state index is 11.6. The van der Waals surface area contributed by atoms with Gasteiger partial charge in [0.15, 0.2) is 0 Å². The van der Waals surface area contributed by atoms with Crippen LogP contribution in [0.15, 0.2) is 47.3 Å². The SMILES string of the molecule is O=C(Nc1ccc(CO)cc1)c1ccoc1. The van der Waals surface area contributed by atoms with Gasteiger partial charge >= 0.3 is 0 Å². The van der Waals surface area contributed by atoms with E-state index in [2.05, 4.69) is 5.32 Å². The molecule has 4 heteroatoms. The smallest absolute Gasteiger partial charge is 0.258 e. The number of benzene rings is 1. The van der Waals surface area contributed by atoms with Gasteiger partial charge in [-0.15, -0.1) is 0 Å². The molecule has 82 valence electrons. The van der Waals surface area contributed by atoms with E-state index in [-0.39, 0.29) is 12.5 Å². The molecule has 0 aliphatic heterocycles. The maximum Gasteiger partial charge on any atom is 0.258 e. The molecular weight excluding hydrogens is 206 g/mol. The predicted molar refractivity (Wildman–Crippen MR) is 59.0 cm³/mol. The quantitative estimate of drug-likeness (QED) is 0.826. The molecule has 0 radical (unpaired) electrons. The van der Waals surface area contributed by atoms with Crippen molar-refractivity contribution >= 4 is 11.6 Å². The molecule has 0 fully saturated rings. The van der Waals surface area contributed by atoms with Gasteiger partial charge < -0.3 is 14.8 Å². The Bertz CT molecular complexity index is 460. The molecule has 1 heterocycles. The van der Waals surface area contributed by atoms with Gasteiger partial charge in [0.25, 0.3) is 5.91 Å². The minimum atomic E-state index is -0.217. The van der Waals surface area contributed by atoms with Crippen LogP contribution in [0.2, 0.25) is 0 Å². The van der Waals surface area contributed by atoms with Gasteiger partial charge in [0, 0.05) is 5.69 Å². The molecule has 2 N–H and O–H groups in total. The lowest BCUT2D eigenvalue weighted by Crippen LogP contribution is -2.10. The summed E-state index contributed by atoms with van der Waals surface area (Å²) in [6, 6.07) is 8.58. The summed E-state index contributed by atoms with van der Waals surface area (Å²) in [4.78, 5) is 11.6. The summed E-state index contributed by atoms with van der Waals surface area (Å²) >= 11 is 0. The zero-order valence-electron chi connectivity index (χ0n) is 8.51. The molecule has 1 aromatic heterocycles. The number of aliphatic hydroxyl groups is 1. The Morgan fingerprint density at radius 2 is 2.00 bits per heavy atom. The first-order chi connectivity index (χ1) is 7.79. The molecule has 1 amide bonds. The van der Waals surface area contributed by atoms with Crippen LogP contribution in [0.1, 0.15) is 15.9 Å². The average Bonchev–Trinajstić information content (AvgIpc) is 2.83. The van der Waals surface area contributed by atoms with E-state index in [4.69, 9.17) is 9.52 Å². The van der Waals surface area contributed by atoms with Crippen molar-refractivity contribution in [2.75, 3.05) is 5.32 Å². The van der Waals surface area contributed by atoms with Crippen LogP contribution in [-0.2, 0) is 6.61 Å². The number of hydrogen-bond acceptors (Lipinski definition) is 3. The molecule has 2 aromatic rings. The summed E-state index contributed by atoms with van der Waals surface area (Å²) in [5.74, 6) is -0.217. The molecule has 0 saturated heterocycles. The van der Waals surface area contributed by atoms with E-state index in [1.165, 1.54) is 12.5 Å². The molecule has 4 nitrogen and oxygen atoms in total. The second-order valence-electron chi connectivity index (χ2n) is 3.32. The lowest BCUT2D eigenvalue weighted by molar-refractivity contribution is 0.102. The molecule has 0 atom stereocenters. The number of hydrogen-bond donors (Lipinski definition) is 2. The normalized spacial score (nSPS) is 10.1. The van der Waals surface area contributed by atoms with Crippen molar-refractivity contribution in [3.63, 3.8) is 0 Å². The molecule has 0 aliphatic rings. The number of carbonyl (C=O) groups excluding carboxylic acids is 1. The zero-order chi connectivity index (χ0) is 11.4. The van der Waals surface area contributed by atoms with E-state index < -0.39 is 0 Å². The third kappa shape index (κ3) is 2.29. The van der Waals surface area contributed by atoms with Gasteiger partial charge in [-0.05, 0) is 23.8 Å². The van der Waals surface area contributed by atoms with Crippen molar-refractivity contribution in [3.05, 3.63) is 54.0 Å². The highest BCUT2D eigenvalue weighted by molar-refractivity contribution is 6.03. The maximum atomic E-state index is 11.6. The second kappa shape index (κ2) is 4.63. The summed E-state index contributed by atoms with van der Waals surface area (Å²) in [5.41, 5.74) is 1.97. The van der Waals surface area contributed by atoms with Crippen molar-refractivity contribution in [2.24, 2.45) is 0 Å². The van der Waals surface area contributed by atoms with Gasteiger partial charge in [0.1, 0.15) is 6.26 Å². The van der Waals surface area contributed by atoms with Crippen molar-refractivity contribution in [3.8, 4) is 0 Å². The van der Waals surface area contributed by atoms with Crippen LogP contribution in [0.25, 0.3) is 0 Å². The molecule has 2 rings (SSSR count). The van der Waals surface area contributed by atoms with Gasteiger partial charge in [0.2, 0.25) is 0 Å². The number of aliphatic hydroxyl groups excluding tert-OH is 1. The highest BCUT2D eigenvalue weighted by Crippen LogP contribution is 2.11. The molecule has 0 saturated carbocycles. The lowest BCUT2D eigenvalue weighted by Gasteiger charge is -2.03. The van der Waals surface area contributed by atoms with E-state index in [0.29, 0.717) is 11.3 Å². The van der Waals surface area contributed by atoms with Gasteiger partial charge in [-0.25, -0.2) is 0 Å². The molecular formula is C12H11NO3. The van der Waals surface area contributed by atoms with Crippen molar-refractivity contribution < 1.29 is 14.3 Å². The number of rotatable bonds is 3. The van der Waals surface area contributed by atoms with E-state index >= 15 is 0 Å². The first-order valence-electron chi connectivity index (χ1n) is 4.83. The third-order valence-electron chi connectivity index (χ3n) is 2.18. The van der Waals surface area contributed by atoms with Gasteiger partial charge in [-0.3, -0.25) is 4.79 Å². The summed E-state index contributed by atoms with van der Waals surface area (Å²) in [6.45, 7) is -0.00401. The van der Waals surface area contributed by atoms with Crippen LogP contribution in [0.5, 0.6) is 0 Å². The Morgan fingerprint density at radius 3 is 2.56 bits per heavy atom. The lowest BCUT2D eigenvalue weighted by atomic mass is 10.2. The van der Waals surface area contributed by atoms with Crippen LogP contribution < -0.4 is 5.32 Å². The average molecular weight is 217 g/mol. The largest absolute Gasteiger partial charge is 0.472 e. The summed E-state index contributed by atoms with van der Waals surface area (Å²) in [5, 5.41) is 11.6. The Hall–Kier alpha value is -2.07. The summed E-state index contributed by atoms with van der Waals surface area (Å²) in [6.07, 6.45) is 2.83. The molecule has 1 aromatic carbocycles. The van der Waals surface area contributed by atoms with E-state index in [1.807, 2.05) is 0 Å². The summed E-state index contributed by atoms with van der Waals surface area (Å²) in [7, 11) is 0. The Balaban J connectivity index is 2.06. The minimum absolute atomic E-state index is 0.00401. The van der Waals surface area contributed by atoms with Crippen molar-refractivity contribution in [1.82, 2.24) is 0 Å². The molecule has 0 aliphatic carbocycles. The zero-order valence-corrected chi connectivity index (χ0v) is 8.51. The van der Waals surface area contributed by atoms with Gasteiger partial charge in [0.05, 0.1) is 18.4 Å². The van der Waals surface area contributed by atoms with Gasteiger partial charge in [-0.1, -0.05) is 12.1 Å². The van der Waals surface area contributed by atoms with Crippen molar-refractivity contribution in [2.45, 2.75) is 6.61 Å². The number of nitrogens with one attached hydrogen (secondary N) is 1. The monoisotopic (exact) mass is 217 g/mol. The first kappa shape index (κ1) is 10.4. The van der Waals surface area contributed by atoms with Crippen LogP contribution >= 0.6 is 0 Å². The molecule has 0 bridgehead atoms. The van der Waals surface area contributed by atoms with Gasteiger partial charge in [-0.2, -0.15) is 0 Å². The number of furan rings is 1. The topological polar surface area (TPSA) is 62.5 Å². The Kier molecular flexibility index (Phi) is 3.03. The highest BCUT2D eigenvalue weighted by atomic mass is 16.3. The number of amides is 1. The number of carbonyl (C=O) groups is 1. The Labute approximate surface area is 92.5 Å². The molecule has 0 spiro atoms. The molecule has 0 unspecified atom stereocenters. The van der Waals surface area contributed by atoms with Crippen LogP contribution in [0.3, 0.4) is 0 Å². The minimum Gasteiger partial charge on any atom is -0.472 e. The number of anilines is 1. The first-order valence-corrected chi connectivity index (χ1v) is 4.83. The standard InChI is InChI=1S/C12H11NO3/c14-7-9-1-3-11(4-2-9)13-12(15)10-5-6-16-8-10/h1-6,8,14H,7H2,(H,13,15). The predicted octanol–water partition coefficient (Wildman–Crippen LogP) is 2.02. The third-order valence-corrected chi connectivity index (χ3v) is 2.18. The fraction of sp³-hybridized carbons (Fsp3) is 0.0833. The highest BCUT2D eigenvalue weighted by Gasteiger charge is 2.06. The van der Waals surface area contributed by atoms with Crippen LogP contribution in [-0.4, -0.2) is 11.0 Å². The van der Waals surface area contributed by atoms with E-state index in [0.717, 1.165) is 5.56 Å². The Morgan fingerprint density at radius 1 is 1.25 bits per heavy atom. The summed E-state index contributed by atoms with van der Waals surface area (Å²) < 4.78 is 4.82. The van der Waals surface area contributed by atoms with Crippen LogP contribution in [0, 0.1) is 0 Å². The fourth-order valence-electron chi connectivity index (χ4n) is 1.29. The van der Waals surface area contributed by atoms with Crippen LogP contribution in [0.4, 0.5) is 5.69 Å². The molecule has 16 heavy (non-hydrogen) atoms. The second-order valence-corrected chi connectivity index (χ2v) is 3.32.